The number of nitrogens with zero attached hydrogens (tertiary/aromatic N) is 1. The molecule has 156 valence electrons. The summed E-state index contributed by atoms with van der Waals surface area (Å²) in [5.41, 5.74) is 2.75. The summed E-state index contributed by atoms with van der Waals surface area (Å²) in [7, 11) is 0. The lowest BCUT2D eigenvalue weighted by atomic mass is 10.1. The maximum atomic E-state index is 13.2. The van der Waals surface area contributed by atoms with Crippen molar-refractivity contribution in [3.05, 3.63) is 69.2 Å². The third kappa shape index (κ3) is 7.06. The highest BCUT2D eigenvalue weighted by atomic mass is 35.5. The van der Waals surface area contributed by atoms with Gasteiger partial charge in [-0.05, 0) is 43.0 Å². The van der Waals surface area contributed by atoms with Gasteiger partial charge in [-0.1, -0.05) is 72.9 Å². The van der Waals surface area contributed by atoms with Crippen molar-refractivity contribution in [3.8, 4) is 0 Å². The maximum Gasteiger partial charge on any atom is 0.242 e. The molecule has 0 saturated carbocycles. The fourth-order valence-corrected chi connectivity index (χ4v) is 3.44. The van der Waals surface area contributed by atoms with Crippen LogP contribution < -0.4 is 5.32 Å². The highest BCUT2D eigenvalue weighted by Gasteiger charge is 2.26. The first-order valence-electron chi connectivity index (χ1n) is 9.74. The molecule has 0 heterocycles. The lowest BCUT2D eigenvalue weighted by molar-refractivity contribution is -0.140. The predicted octanol–water partition coefficient (Wildman–Crippen LogP) is 5.03. The molecule has 1 N–H and O–H groups in total. The summed E-state index contributed by atoms with van der Waals surface area (Å²) in [5, 5.41) is 3.91. The Morgan fingerprint density at radius 3 is 2.41 bits per heavy atom. The average molecular weight is 435 g/mol. The van der Waals surface area contributed by atoms with E-state index in [9.17, 15) is 9.59 Å². The third-order valence-corrected chi connectivity index (χ3v) is 5.23. The molecule has 2 amide bonds. The quantitative estimate of drug-likeness (QED) is 0.632. The van der Waals surface area contributed by atoms with Crippen molar-refractivity contribution in [1.82, 2.24) is 10.2 Å². The van der Waals surface area contributed by atoms with Gasteiger partial charge < -0.3 is 10.2 Å². The van der Waals surface area contributed by atoms with Crippen LogP contribution in [0.25, 0.3) is 0 Å². The summed E-state index contributed by atoms with van der Waals surface area (Å²) in [6, 6.07) is 12.4. The zero-order chi connectivity index (χ0) is 21.6. The highest BCUT2D eigenvalue weighted by Crippen LogP contribution is 2.23. The van der Waals surface area contributed by atoms with Gasteiger partial charge in [0.15, 0.2) is 0 Å². The molecule has 0 bridgehead atoms. The highest BCUT2D eigenvalue weighted by molar-refractivity contribution is 6.35. The largest absolute Gasteiger partial charge is 0.354 e. The van der Waals surface area contributed by atoms with Gasteiger partial charge in [-0.3, -0.25) is 9.59 Å². The third-order valence-electron chi connectivity index (χ3n) is 4.65. The van der Waals surface area contributed by atoms with Crippen LogP contribution in [0.2, 0.25) is 10.0 Å². The van der Waals surface area contributed by atoms with Gasteiger partial charge in [-0.2, -0.15) is 0 Å². The fraction of sp³-hybridized carbons (Fsp3) is 0.391. The van der Waals surface area contributed by atoms with E-state index in [0.29, 0.717) is 22.5 Å². The molecule has 0 aliphatic heterocycles. The van der Waals surface area contributed by atoms with E-state index in [2.05, 4.69) is 5.32 Å². The molecule has 0 aliphatic rings. The Morgan fingerprint density at radius 1 is 1.07 bits per heavy atom. The summed E-state index contributed by atoms with van der Waals surface area (Å²) >= 11 is 12.3. The van der Waals surface area contributed by atoms with Gasteiger partial charge in [-0.25, -0.2) is 0 Å². The molecular weight excluding hydrogens is 407 g/mol. The second-order valence-electron chi connectivity index (χ2n) is 7.74. The van der Waals surface area contributed by atoms with Crippen molar-refractivity contribution in [2.45, 2.75) is 46.7 Å². The number of benzene rings is 2. The second kappa shape index (κ2) is 10.7. The predicted molar refractivity (Wildman–Crippen MR) is 119 cm³/mol. The monoisotopic (exact) mass is 434 g/mol. The van der Waals surface area contributed by atoms with E-state index in [1.807, 2.05) is 45.0 Å². The molecule has 0 radical (unpaired) electrons. The molecule has 0 aromatic heterocycles. The van der Waals surface area contributed by atoms with E-state index >= 15 is 0 Å². The molecule has 0 spiro atoms. The standard InChI is InChI=1S/C23H28Cl2N2O2/c1-15(2)13-26-23(29)17(4)27(14-19-8-9-20(24)12-21(19)25)22(28)11-18-7-5-6-16(3)10-18/h5-10,12,15,17H,11,13-14H2,1-4H3,(H,26,29)/t17-/m1/s1. The van der Waals surface area contributed by atoms with Crippen LogP contribution in [0.5, 0.6) is 0 Å². The first kappa shape index (κ1) is 23.2. The van der Waals surface area contributed by atoms with Crippen LogP contribution >= 0.6 is 23.2 Å². The van der Waals surface area contributed by atoms with E-state index in [-0.39, 0.29) is 24.8 Å². The molecule has 2 rings (SSSR count). The van der Waals surface area contributed by atoms with E-state index in [4.69, 9.17) is 23.2 Å². The maximum absolute atomic E-state index is 13.2. The zero-order valence-corrected chi connectivity index (χ0v) is 18.8. The molecule has 2 aromatic rings. The number of aryl methyl sites for hydroxylation is 1. The number of hydrogen-bond acceptors (Lipinski definition) is 2. The Labute approximate surface area is 183 Å². The lowest BCUT2D eigenvalue weighted by Crippen LogP contribution is -2.48. The zero-order valence-electron chi connectivity index (χ0n) is 17.3. The first-order valence-corrected chi connectivity index (χ1v) is 10.5. The van der Waals surface area contributed by atoms with Gasteiger partial charge in [0, 0.05) is 23.1 Å². The average Bonchev–Trinajstić information content (AvgIpc) is 2.64. The van der Waals surface area contributed by atoms with Gasteiger partial charge in [0.05, 0.1) is 6.42 Å². The minimum atomic E-state index is -0.627. The molecule has 0 unspecified atom stereocenters. The fourth-order valence-electron chi connectivity index (χ4n) is 2.97. The number of halogens is 2. The van der Waals surface area contributed by atoms with Gasteiger partial charge in [-0.15, -0.1) is 0 Å². The van der Waals surface area contributed by atoms with Crippen LogP contribution in [0.3, 0.4) is 0 Å². The lowest BCUT2D eigenvalue weighted by Gasteiger charge is -2.29. The minimum Gasteiger partial charge on any atom is -0.354 e. The smallest absolute Gasteiger partial charge is 0.242 e. The number of hydrogen-bond donors (Lipinski definition) is 1. The van der Waals surface area contributed by atoms with E-state index < -0.39 is 6.04 Å². The van der Waals surface area contributed by atoms with Crippen LogP contribution in [-0.2, 0) is 22.6 Å². The molecule has 29 heavy (non-hydrogen) atoms. The van der Waals surface area contributed by atoms with E-state index in [0.717, 1.165) is 16.7 Å². The summed E-state index contributed by atoms with van der Waals surface area (Å²) in [6.45, 7) is 8.58. The minimum absolute atomic E-state index is 0.131. The molecular formula is C23H28Cl2N2O2. The number of amides is 2. The van der Waals surface area contributed by atoms with Crippen molar-refractivity contribution in [2.24, 2.45) is 5.92 Å². The van der Waals surface area contributed by atoms with Crippen LogP contribution in [0.1, 0.15) is 37.5 Å². The SMILES string of the molecule is Cc1cccc(CC(=O)N(Cc2ccc(Cl)cc2Cl)[C@H](C)C(=O)NCC(C)C)c1. The van der Waals surface area contributed by atoms with Crippen molar-refractivity contribution in [2.75, 3.05) is 6.54 Å². The molecule has 2 aromatic carbocycles. The van der Waals surface area contributed by atoms with Crippen molar-refractivity contribution in [1.29, 1.82) is 0 Å². The number of rotatable bonds is 8. The van der Waals surface area contributed by atoms with Crippen molar-refractivity contribution in [3.63, 3.8) is 0 Å². The molecule has 4 nitrogen and oxygen atoms in total. The molecule has 0 aliphatic carbocycles. The van der Waals surface area contributed by atoms with Crippen LogP contribution in [0.15, 0.2) is 42.5 Å². The summed E-state index contributed by atoms with van der Waals surface area (Å²) in [5.74, 6) is 0.0171. The number of carbonyl (C=O) groups excluding carboxylic acids is 2. The van der Waals surface area contributed by atoms with Crippen molar-refractivity contribution >= 4 is 35.0 Å². The van der Waals surface area contributed by atoms with E-state index in [1.165, 1.54) is 0 Å². The number of nitrogens with one attached hydrogen (secondary N) is 1. The second-order valence-corrected chi connectivity index (χ2v) is 8.58. The molecule has 0 fully saturated rings. The molecule has 1 atom stereocenters. The van der Waals surface area contributed by atoms with Gasteiger partial charge in [0.1, 0.15) is 6.04 Å². The van der Waals surface area contributed by atoms with Crippen molar-refractivity contribution < 1.29 is 9.59 Å². The Kier molecular flexibility index (Phi) is 8.54. The van der Waals surface area contributed by atoms with Crippen LogP contribution in [-0.4, -0.2) is 29.3 Å². The Balaban J connectivity index is 2.25. The topological polar surface area (TPSA) is 49.4 Å². The summed E-state index contributed by atoms with van der Waals surface area (Å²) in [4.78, 5) is 27.4. The van der Waals surface area contributed by atoms with Gasteiger partial charge in [0.25, 0.3) is 0 Å². The first-order chi connectivity index (χ1) is 13.7. The molecule has 0 saturated heterocycles. The van der Waals surface area contributed by atoms with Crippen LogP contribution in [0.4, 0.5) is 0 Å². The number of carbonyl (C=O) groups is 2. The van der Waals surface area contributed by atoms with Gasteiger partial charge >= 0.3 is 0 Å². The molecule has 6 heteroatoms. The Hall–Kier alpha value is -2.04. The Morgan fingerprint density at radius 2 is 1.79 bits per heavy atom. The Bertz CT molecular complexity index is 868. The summed E-state index contributed by atoms with van der Waals surface area (Å²) < 4.78 is 0. The van der Waals surface area contributed by atoms with Gasteiger partial charge in [0.2, 0.25) is 11.8 Å². The van der Waals surface area contributed by atoms with Crippen LogP contribution in [0, 0.1) is 12.8 Å². The summed E-state index contributed by atoms with van der Waals surface area (Å²) in [6.07, 6.45) is 0.217. The normalized spacial score (nSPS) is 12.0. The van der Waals surface area contributed by atoms with E-state index in [1.54, 1.807) is 30.0 Å².